The zero-order valence-electron chi connectivity index (χ0n) is 18.5. The Morgan fingerprint density at radius 1 is 0.882 bits per heavy atom. The Morgan fingerprint density at radius 3 is 2.62 bits per heavy atom. The lowest BCUT2D eigenvalue weighted by molar-refractivity contribution is 0.343. The van der Waals surface area contributed by atoms with Crippen molar-refractivity contribution in [3.63, 3.8) is 0 Å². The normalized spacial score (nSPS) is 14.5. The van der Waals surface area contributed by atoms with Crippen molar-refractivity contribution in [3.8, 4) is 33.5 Å². The van der Waals surface area contributed by atoms with Crippen LogP contribution in [-0.4, -0.2) is 37.8 Å². The van der Waals surface area contributed by atoms with E-state index >= 15 is 0 Å². The average Bonchev–Trinajstić information content (AvgIpc) is 3.40. The third-order valence-electron chi connectivity index (χ3n) is 6.40. The summed E-state index contributed by atoms with van der Waals surface area (Å²) < 4.78 is 16.6. The van der Waals surface area contributed by atoms with Crippen LogP contribution in [0.4, 0.5) is 4.39 Å². The van der Waals surface area contributed by atoms with Crippen LogP contribution in [0, 0.1) is 5.82 Å². The van der Waals surface area contributed by atoms with Crippen LogP contribution in [0.3, 0.4) is 0 Å². The number of rotatable bonds is 4. The van der Waals surface area contributed by atoms with Crippen molar-refractivity contribution < 1.29 is 4.39 Å². The van der Waals surface area contributed by atoms with Crippen LogP contribution in [0.1, 0.15) is 18.9 Å². The van der Waals surface area contributed by atoms with Gasteiger partial charge in [-0.3, -0.25) is 9.67 Å². The maximum absolute atomic E-state index is 14.6. The molecule has 5 heterocycles. The average molecular weight is 451 g/mol. The number of aromatic nitrogens is 5. The maximum atomic E-state index is 14.6. The fourth-order valence-electron chi connectivity index (χ4n) is 4.61. The molecule has 1 N–H and O–H groups in total. The molecule has 0 bridgehead atoms. The summed E-state index contributed by atoms with van der Waals surface area (Å²) in [6.45, 7) is 2.04. The molecule has 7 heteroatoms. The van der Waals surface area contributed by atoms with Crippen LogP contribution >= 0.6 is 0 Å². The Bertz CT molecular complexity index is 1470. The molecule has 1 saturated heterocycles. The number of piperidine rings is 1. The van der Waals surface area contributed by atoms with Crippen LogP contribution in [0.15, 0.2) is 79.5 Å². The van der Waals surface area contributed by atoms with Gasteiger partial charge in [0.25, 0.3) is 0 Å². The number of hydrogen-bond donors (Lipinski definition) is 1. The molecule has 0 amide bonds. The van der Waals surface area contributed by atoms with Crippen LogP contribution in [0.2, 0.25) is 0 Å². The van der Waals surface area contributed by atoms with E-state index in [0.717, 1.165) is 53.6 Å². The molecule has 34 heavy (non-hydrogen) atoms. The summed E-state index contributed by atoms with van der Waals surface area (Å²) in [6.07, 6.45) is 11.5. The van der Waals surface area contributed by atoms with Gasteiger partial charge in [-0.2, -0.15) is 5.10 Å². The molecule has 1 aromatic carbocycles. The first-order valence-electron chi connectivity index (χ1n) is 11.5. The highest BCUT2D eigenvalue weighted by atomic mass is 19.1. The molecule has 168 valence electrons. The molecule has 0 radical (unpaired) electrons. The van der Waals surface area contributed by atoms with Gasteiger partial charge in [-0.25, -0.2) is 14.4 Å². The van der Waals surface area contributed by atoms with Crippen LogP contribution < -0.4 is 5.32 Å². The minimum Gasteiger partial charge on any atom is -0.317 e. The summed E-state index contributed by atoms with van der Waals surface area (Å²) >= 11 is 0. The first-order chi connectivity index (χ1) is 16.8. The fourth-order valence-corrected chi connectivity index (χ4v) is 4.61. The molecule has 0 aliphatic carbocycles. The Hall–Kier alpha value is -3.97. The topological polar surface area (TPSA) is 68.5 Å². The van der Waals surface area contributed by atoms with E-state index in [-0.39, 0.29) is 5.82 Å². The molecular weight excluding hydrogens is 427 g/mol. The lowest BCUT2D eigenvalue weighted by atomic mass is 9.99. The minimum atomic E-state index is -0.312. The van der Waals surface area contributed by atoms with E-state index in [9.17, 15) is 4.39 Å². The van der Waals surface area contributed by atoms with E-state index in [4.69, 9.17) is 0 Å². The summed E-state index contributed by atoms with van der Waals surface area (Å²) in [5.74, 6) is -0.312. The fraction of sp³-hybridized carbons (Fsp3) is 0.185. The van der Waals surface area contributed by atoms with Gasteiger partial charge in [0.05, 0.1) is 17.9 Å². The first kappa shape index (κ1) is 20.6. The smallest absolute Gasteiger partial charge is 0.160 e. The third kappa shape index (κ3) is 3.84. The number of hydrogen-bond acceptors (Lipinski definition) is 5. The quantitative estimate of drug-likeness (QED) is 0.403. The third-order valence-corrected chi connectivity index (χ3v) is 6.40. The molecule has 0 atom stereocenters. The monoisotopic (exact) mass is 450 g/mol. The number of nitrogens with zero attached hydrogens (tertiary/aromatic N) is 5. The number of halogens is 1. The van der Waals surface area contributed by atoms with Crippen molar-refractivity contribution in [1.29, 1.82) is 0 Å². The molecule has 1 aliphatic rings. The number of fused-ring (bicyclic) bond motifs is 1. The standard InChI is InChI=1S/C27H23FN6/c28-25-6-2-1-4-23(25)26-13-24(22-5-3-9-31-27(22)33-26)19-12-18(14-30-15-19)20-16-32-34(17-20)21-7-10-29-11-8-21/h1-6,9,12-17,21,29H,7-8,10-11H2. The summed E-state index contributed by atoms with van der Waals surface area (Å²) in [5.41, 5.74) is 5.41. The second-order valence-electron chi connectivity index (χ2n) is 8.56. The number of pyridine rings is 3. The highest BCUT2D eigenvalue weighted by molar-refractivity contribution is 5.95. The number of nitrogens with one attached hydrogen (secondary N) is 1. The Kier molecular flexibility index (Phi) is 5.31. The van der Waals surface area contributed by atoms with Crippen LogP contribution in [0.5, 0.6) is 0 Å². The zero-order chi connectivity index (χ0) is 22.9. The molecule has 0 saturated carbocycles. The molecule has 4 aromatic heterocycles. The Labute approximate surface area is 196 Å². The summed E-state index contributed by atoms with van der Waals surface area (Å²) in [6, 6.07) is 15.0. The summed E-state index contributed by atoms with van der Waals surface area (Å²) in [4.78, 5) is 13.6. The van der Waals surface area contributed by atoms with E-state index in [2.05, 4.69) is 42.3 Å². The lowest BCUT2D eigenvalue weighted by Crippen LogP contribution is -2.29. The van der Waals surface area contributed by atoms with Gasteiger partial charge in [0, 0.05) is 52.4 Å². The SMILES string of the molecule is Fc1ccccc1-c1cc(-c2cncc(-c3cnn(C4CCNCC4)c3)c2)c2cccnc2n1. The zero-order valence-corrected chi connectivity index (χ0v) is 18.5. The van der Waals surface area contributed by atoms with Crippen molar-refractivity contribution in [2.75, 3.05) is 13.1 Å². The first-order valence-corrected chi connectivity index (χ1v) is 11.5. The van der Waals surface area contributed by atoms with Crippen molar-refractivity contribution in [1.82, 2.24) is 30.0 Å². The minimum absolute atomic E-state index is 0.312. The van der Waals surface area contributed by atoms with Gasteiger partial charge in [0.15, 0.2) is 5.65 Å². The molecule has 1 aliphatic heterocycles. The van der Waals surface area contributed by atoms with E-state index < -0.39 is 0 Å². The van der Waals surface area contributed by atoms with Gasteiger partial charge in [-0.1, -0.05) is 12.1 Å². The van der Waals surface area contributed by atoms with E-state index in [1.54, 1.807) is 18.3 Å². The molecule has 6 nitrogen and oxygen atoms in total. The van der Waals surface area contributed by atoms with E-state index in [1.807, 2.05) is 42.9 Å². The highest BCUT2D eigenvalue weighted by Crippen LogP contribution is 2.34. The van der Waals surface area contributed by atoms with Crippen LogP contribution in [-0.2, 0) is 0 Å². The lowest BCUT2D eigenvalue weighted by Gasteiger charge is -2.22. The summed E-state index contributed by atoms with van der Waals surface area (Å²) in [5, 5.41) is 8.92. The second-order valence-corrected chi connectivity index (χ2v) is 8.56. The second kappa shape index (κ2) is 8.76. The van der Waals surface area contributed by atoms with Crippen LogP contribution in [0.25, 0.3) is 44.5 Å². The van der Waals surface area contributed by atoms with Gasteiger partial charge in [0.1, 0.15) is 5.82 Å². The predicted molar refractivity (Wildman–Crippen MR) is 131 cm³/mol. The van der Waals surface area contributed by atoms with Gasteiger partial charge in [-0.05, 0) is 67.9 Å². The van der Waals surface area contributed by atoms with Crippen molar-refractivity contribution in [2.45, 2.75) is 18.9 Å². The van der Waals surface area contributed by atoms with Gasteiger partial charge in [0.2, 0.25) is 0 Å². The Morgan fingerprint density at radius 2 is 1.74 bits per heavy atom. The van der Waals surface area contributed by atoms with Gasteiger partial charge >= 0.3 is 0 Å². The molecule has 0 unspecified atom stereocenters. The largest absolute Gasteiger partial charge is 0.317 e. The molecule has 1 fully saturated rings. The Balaban J connectivity index is 1.44. The maximum Gasteiger partial charge on any atom is 0.160 e. The molecule has 6 rings (SSSR count). The predicted octanol–water partition coefficient (Wildman–Crippen LogP) is 5.29. The van der Waals surface area contributed by atoms with Gasteiger partial charge < -0.3 is 5.32 Å². The van der Waals surface area contributed by atoms with Gasteiger partial charge in [-0.15, -0.1) is 0 Å². The molecule has 0 spiro atoms. The van der Waals surface area contributed by atoms with E-state index in [0.29, 0.717) is 22.9 Å². The van der Waals surface area contributed by atoms with Crippen molar-refractivity contribution >= 4 is 11.0 Å². The molecule has 5 aromatic rings. The molecular formula is C27H23FN6. The summed E-state index contributed by atoms with van der Waals surface area (Å²) in [7, 11) is 0. The van der Waals surface area contributed by atoms with Crippen molar-refractivity contribution in [3.05, 3.63) is 85.3 Å². The number of benzene rings is 1. The van der Waals surface area contributed by atoms with Crippen molar-refractivity contribution in [2.24, 2.45) is 0 Å². The highest BCUT2D eigenvalue weighted by Gasteiger charge is 2.17. The van der Waals surface area contributed by atoms with E-state index in [1.165, 1.54) is 6.07 Å².